The lowest BCUT2D eigenvalue weighted by Crippen LogP contribution is -2.41. The van der Waals surface area contributed by atoms with Crippen molar-refractivity contribution < 1.29 is 9.18 Å². The van der Waals surface area contributed by atoms with E-state index in [-0.39, 0.29) is 17.8 Å². The van der Waals surface area contributed by atoms with Crippen molar-refractivity contribution in [3.05, 3.63) is 52.9 Å². The summed E-state index contributed by atoms with van der Waals surface area (Å²) in [6.07, 6.45) is 0. The molecule has 0 spiro atoms. The number of rotatable bonds is 2. The Hall–Kier alpha value is -2.61. The minimum atomic E-state index is -0.348. The summed E-state index contributed by atoms with van der Waals surface area (Å²) in [6.45, 7) is 7.01. The van der Waals surface area contributed by atoms with Gasteiger partial charge in [0.1, 0.15) is 11.6 Å². The summed E-state index contributed by atoms with van der Waals surface area (Å²) in [5.41, 5.74) is 2.38. The molecular formula is C18H18FN5OS. The van der Waals surface area contributed by atoms with Crippen LogP contribution in [0.25, 0.3) is 10.8 Å². The molecule has 0 fully saturated rings. The number of aryl methyl sites for hydroxylation is 2. The second kappa shape index (κ2) is 6.28. The van der Waals surface area contributed by atoms with Crippen LogP contribution in [-0.4, -0.2) is 36.3 Å². The predicted octanol–water partition coefficient (Wildman–Crippen LogP) is 3.37. The van der Waals surface area contributed by atoms with Gasteiger partial charge < -0.3 is 9.47 Å². The lowest BCUT2D eigenvalue weighted by atomic mass is 10.1. The van der Waals surface area contributed by atoms with E-state index in [0.717, 1.165) is 28.0 Å². The maximum atomic E-state index is 13.1. The molecule has 0 bridgehead atoms. The van der Waals surface area contributed by atoms with Crippen LogP contribution in [-0.2, 0) is 6.54 Å². The van der Waals surface area contributed by atoms with Crippen molar-refractivity contribution in [2.45, 2.75) is 33.4 Å². The molecule has 4 rings (SSSR count). The molecule has 0 saturated carbocycles. The third-order valence-electron chi connectivity index (χ3n) is 4.69. The summed E-state index contributed by atoms with van der Waals surface area (Å²) >= 11 is 1.33. The zero-order valence-electron chi connectivity index (χ0n) is 14.7. The normalized spacial score (nSPS) is 16.6. The first-order valence-corrected chi connectivity index (χ1v) is 9.17. The molecule has 0 aliphatic carbocycles. The van der Waals surface area contributed by atoms with Gasteiger partial charge in [-0.05, 0) is 56.6 Å². The van der Waals surface area contributed by atoms with Gasteiger partial charge in [-0.25, -0.2) is 14.4 Å². The third kappa shape index (κ3) is 2.70. The maximum absolute atomic E-state index is 13.1. The zero-order valence-corrected chi connectivity index (χ0v) is 15.5. The van der Waals surface area contributed by atoms with Crippen LogP contribution in [0.2, 0.25) is 0 Å². The summed E-state index contributed by atoms with van der Waals surface area (Å²) in [5.74, 6) is 1.10. The Balaban J connectivity index is 1.69. The summed E-state index contributed by atoms with van der Waals surface area (Å²) in [6, 6.07) is 5.55. The quantitative estimate of drug-likeness (QED) is 0.693. The van der Waals surface area contributed by atoms with Gasteiger partial charge in [-0.3, -0.25) is 4.79 Å². The van der Waals surface area contributed by atoms with Gasteiger partial charge in [-0.15, -0.1) is 0 Å². The molecule has 1 aliphatic rings. The first-order chi connectivity index (χ1) is 12.5. The molecule has 1 aromatic carbocycles. The number of amides is 1. The number of fused-ring (bicyclic) bond motifs is 1. The number of halogens is 1. The first kappa shape index (κ1) is 16.8. The highest BCUT2D eigenvalue weighted by Gasteiger charge is 2.33. The monoisotopic (exact) mass is 371 g/mol. The molecule has 8 heteroatoms. The molecule has 26 heavy (non-hydrogen) atoms. The van der Waals surface area contributed by atoms with Gasteiger partial charge in [0, 0.05) is 18.7 Å². The highest BCUT2D eigenvalue weighted by atomic mass is 32.1. The first-order valence-electron chi connectivity index (χ1n) is 8.40. The van der Waals surface area contributed by atoms with Crippen molar-refractivity contribution in [1.29, 1.82) is 0 Å². The van der Waals surface area contributed by atoms with Crippen LogP contribution < -0.4 is 0 Å². The number of benzene rings is 1. The van der Waals surface area contributed by atoms with Gasteiger partial charge in [0.15, 0.2) is 10.8 Å². The second-order valence-electron chi connectivity index (χ2n) is 6.39. The molecule has 0 radical (unpaired) electrons. The van der Waals surface area contributed by atoms with Crippen molar-refractivity contribution >= 4 is 17.4 Å². The van der Waals surface area contributed by atoms with Crippen molar-refractivity contribution in [2.24, 2.45) is 0 Å². The van der Waals surface area contributed by atoms with E-state index in [1.165, 1.54) is 35.8 Å². The summed E-state index contributed by atoms with van der Waals surface area (Å²) in [5, 5.41) is 0.794. The predicted molar refractivity (Wildman–Crippen MR) is 96.5 cm³/mol. The highest BCUT2D eigenvalue weighted by Crippen LogP contribution is 2.34. The Labute approximate surface area is 154 Å². The van der Waals surface area contributed by atoms with E-state index in [4.69, 9.17) is 0 Å². The molecule has 0 saturated heterocycles. The zero-order chi connectivity index (χ0) is 18.4. The molecule has 1 atom stereocenters. The van der Waals surface area contributed by atoms with E-state index < -0.39 is 0 Å². The van der Waals surface area contributed by atoms with Crippen molar-refractivity contribution in [2.75, 3.05) is 6.54 Å². The summed E-state index contributed by atoms with van der Waals surface area (Å²) in [4.78, 5) is 23.8. The van der Waals surface area contributed by atoms with Crippen LogP contribution >= 0.6 is 11.5 Å². The number of aromatic nitrogens is 4. The van der Waals surface area contributed by atoms with E-state index in [9.17, 15) is 9.18 Å². The SMILES string of the molecule is Cc1nsc(-c2nc(C)c3n2CCN(C(=O)c2ccc(F)cc2)C3C)n1. The van der Waals surface area contributed by atoms with E-state index in [0.29, 0.717) is 18.7 Å². The molecule has 3 aromatic rings. The van der Waals surface area contributed by atoms with Crippen LogP contribution in [0.4, 0.5) is 4.39 Å². The largest absolute Gasteiger partial charge is 0.329 e. The van der Waals surface area contributed by atoms with E-state index in [2.05, 4.69) is 18.9 Å². The summed E-state index contributed by atoms with van der Waals surface area (Å²) in [7, 11) is 0. The Bertz CT molecular complexity index is 978. The number of nitrogens with zero attached hydrogens (tertiary/aromatic N) is 5. The lowest BCUT2D eigenvalue weighted by Gasteiger charge is -2.35. The van der Waals surface area contributed by atoms with Crippen LogP contribution in [0.15, 0.2) is 24.3 Å². The summed E-state index contributed by atoms with van der Waals surface area (Å²) < 4.78 is 19.5. The second-order valence-corrected chi connectivity index (χ2v) is 7.14. The van der Waals surface area contributed by atoms with Crippen molar-refractivity contribution in [1.82, 2.24) is 23.8 Å². The number of hydrogen-bond acceptors (Lipinski definition) is 5. The van der Waals surface area contributed by atoms with Gasteiger partial charge in [0.2, 0.25) is 0 Å². The lowest BCUT2D eigenvalue weighted by molar-refractivity contribution is 0.0644. The van der Waals surface area contributed by atoms with Crippen molar-refractivity contribution in [3.8, 4) is 10.8 Å². The third-order valence-corrected chi connectivity index (χ3v) is 5.49. The number of imidazole rings is 1. The Morgan fingerprint density at radius 1 is 1.19 bits per heavy atom. The van der Waals surface area contributed by atoms with Gasteiger partial charge in [-0.2, -0.15) is 4.37 Å². The fraction of sp³-hybridized carbons (Fsp3) is 0.333. The van der Waals surface area contributed by atoms with Gasteiger partial charge in [-0.1, -0.05) is 0 Å². The maximum Gasteiger partial charge on any atom is 0.254 e. The smallest absolute Gasteiger partial charge is 0.254 e. The van der Waals surface area contributed by atoms with Crippen molar-refractivity contribution in [3.63, 3.8) is 0 Å². The van der Waals surface area contributed by atoms with E-state index in [1.54, 1.807) is 0 Å². The standard InChI is InChI=1S/C18H18FN5OS/c1-10-15-11(2)23(18(25)13-4-6-14(19)7-5-13)8-9-24(15)16(20-10)17-21-12(3)22-26-17/h4-7,11H,8-9H2,1-3H3. The fourth-order valence-corrected chi connectivity index (χ4v) is 4.15. The van der Waals surface area contributed by atoms with Gasteiger partial charge in [0.25, 0.3) is 5.91 Å². The van der Waals surface area contributed by atoms with Gasteiger partial charge in [0.05, 0.1) is 17.4 Å². The Kier molecular flexibility index (Phi) is 4.07. The Morgan fingerprint density at radius 3 is 2.58 bits per heavy atom. The topological polar surface area (TPSA) is 63.9 Å². The Morgan fingerprint density at radius 2 is 1.92 bits per heavy atom. The number of hydrogen-bond donors (Lipinski definition) is 0. The fourth-order valence-electron chi connectivity index (χ4n) is 3.48. The van der Waals surface area contributed by atoms with Crippen LogP contribution in [0.5, 0.6) is 0 Å². The minimum absolute atomic E-state index is 0.0994. The number of carbonyl (C=O) groups is 1. The minimum Gasteiger partial charge on any atom is -0.329 e. The molecule has 1 amide bonds. The highest BCUT2D eigenvalue weighted by molar-refractivity contribution is 7.09. The molecule has 6 nitrogen and oxygen atoms in total. The molecular weight excluding hydrogens is 353 g/mol. The van der Waals surface area contributed by atoms with Crippen LogP contribution in [0.3, 0.4) is 0 Å². The van der Waals surface area contributed by atoms with E-state index >= 15 is 0 Å². The molecule has 1 aliphatic heterocycles. The molecule has 0 N–H and O–H groups in total. The average Bonchev–Trinajstić information content (AvgIpc) is 3.19. The molecule has 134 valence electrons. The van der Waals surface area contributed by atoms with E-state index in [1.807, 2.05) is 25.7 Å². The van der Waals surface area contributed by atoms with Crippen LogP contribution in [0, 0.1) is 19.7 Å². The van der Waals surface area contributed by atoms with Crippen LogP contribution in [0.1, 0.15) is 40.5 Å². The van der Waals surface area contributed by atoms with Gasteiger partial charge >= 0.3 is 0 Å². The molecule has 1 unspecified atom stereocenters. The number of carbonyl (C=O) groups excluding carboxylic acids is 1. The average molecular weight is 371 g/mol. The molecule has 2 aromatic heterocycles. The molecule has 3 heterocycles.